The standard InChI is InChI=1S/C9H13N3O2/c10-6-2-1-5(3-7(6)11)4-8(12)9(13)14/h1-3,8H,4,10-12H2,(H,13,14). The van der Waals surface area contributed by atoms with Gasteiger partial charge in [0.05, 0.1) is 11.4 Å². The number of rotatable bonds is 3. The fourth-order valence-electron chi connectivity index (χ4n) is 1.09. The first kappa shape index (κ1) is 10.3. The Kier molecular flexibility index (Phi) is 2.93. The lowest BCUT2D eigenvalue weighted by Gasteiger charge is -2.07. The second kappa shape index (κ2) is 3.97. The van der Waals surface area contributed by atoms with E-state index in [4.69, 9.17) is 22.3 Å². The highest BCUT2D eigenvalue weighted by Crippen LogP contribution is 2.16. The van der Waals surface area contributed by atoms with E-state index in [-0.39, 0.29) is 6.42 Å². The van der Waals surface area contributed by atoms with E-state index < -0.39 is 12.0 Å². The summed E-state index contributed by atoms with van der Waals surface area (Å²) < 4.78 is 0. The highest BCUT2D eigenvalue weighted by Gasteiger charge is 2.12. The number of carboxylic acids is 1. The number of hydrogen-bond acceptors (Lipinski definition) is 4. The Morgan fingerprint density at radius 2 is 2.00 bits per heavy atom. The lowest BCUT2D eigenvalue weighted by atomic mass is 10.1. The Morgan fingerprint density at radius 3 is 2.50 bits per heavy atom. The van der Waals surface area contributed by atoms with E-state index >= 15 is 0 Å². The number of nitrogens with two attached hydrogens (primary N) is 3. The van der Waals surface area contributed by atoms with Gasteiger partial charge in [-0.25, -0.2) is 0 Å². The second-order valence-corrected chi connectivity index (χ2v) is 3.11. The number of hydrogen-bond donors (Lipinski definition) is 4. The van der Waals surface area contributed by atoms with Crippen LogP contribution in [0.1, 0.15) is 5.56 Å². The third-order valence-corrected chi connectivity index (χ3v) is 1.92. The zero-order valence-corrected chi connectivity index (χ0v) is 7.60. The van der Waals surface area contributed by atoms with Crippen LogP contribution in [0.15, 0.2) is 18.2 Å². The Hall–Kier alpha value is -1.75. The maximum atomic E-state index is 10.5. The number of anilines is 2. The summed E-state index contributed by atoms with van der Waals surface area (Å²) in [6.07, 6.45) is 0.250. The molecule has 14 heavy (non-hydrogen) atoms. The molecule has 0 bridgehead atoms. The molecule has 0 heterocycles. The number of carbonyl (C=O) groups is 1. The summed E-state index contributed by atoms with van der Waals surface area (Å²) in [5.41, 5.74) is 18.1. The molecule has 0 spiro atoms. The van der Waals surface area contributed by atoms with Gasteiger partial charge in [0.1, 0.15) is 6.04 Å². The Labute approximate surface area is 81.5 Å². The van der Waals surface area contributed by atoms with Gasteiger partial charge in [0.15, 0.2) is 0 Å². The van der Waals surface area contributed by atoms with Gasteiger partial charge in [0.2, 0.25) is 0 Å². The zero-order chi connectivity index (χ0) is 10.7. The van der Waals surface area contributed by atoms with E-state index in [1.807, 2.05) is 0 Å². The Morgan fingerprint density at radius 1 is 1.36 bits per heavy atom. The van der Waals surface area contributed by atoms with E-state index in [2.05, 4.69) is 0 Å². The minimum atomic E-state index is -1.03. The molecule has 1 atom stereocenters. The van der Waals surface area contributed by atoms with Crippen LogP contribution in [0.25, 0.3) is 0 Å². The molecule has 1 aromatic rings. The fraction of sp³-hybridized carbons (Fsp3) is 0.222. The van der Waals surface area contributed by atoms with E-state index in [9.17, 15) is 4.79 Å². The average Bonchev–Trinajstić information content (AvgIpc) is 2.11. The largest absolute Gasteiger partial charge is 0.480 e. The first-order chi connectivity index (χ1) is 6.50. The zero-order valence-electron chi connectivity index (χ0n) is 7.60. The first-order valence-corrected chi connectivity index (χ1v) is 4.13. The normalized spacial score (nSPS) is 12.4. The van der Waals surface area contributed by atoms with Crippen molar-refractivity contribution in [3.63, 3.8) is 0 Å². The summed E-state index contributed by atoms with van der Waals surface area (Å²) in [5, 5.41) is 8.59. The molecule has 0 aliphatic heterocycles. The molecule has 0 saturated carbocycles. The van der Waals surface area contributed by atoms with Crippen molar-refractivity contribution in [1.29, 1.82) is 0 Å². The predicted octanol–water partition coefficient (Wildman–Crippen LogP) is -0.195. The Balaban J connectivity index is 2.78. The van der Waals surface area contributed by atoms with Crippen LogP contribution in [0.4, 0.5) is 11.4 Å². The first-order valence-electron chi connectivity index (χ1n) is 4.13. The molecular weight excluding hydrogens is 182 g/mol. The molecule has 1 unspecified atom stereocenters. The van der Waals surface area contributed by atoms with Crippen molar-refractivity contribution in [3.8, 4) is 0 Å². The van der Waals surface area contributed by atoms with Crippen LogP contribution in [0.3, 0.4) is 0 Å². The summed E-state index contributed by atoms with van der Waals surface area (Å²) in [4.78, 5) is 10.5. The van der Waals surface area contributed by atoms with Crippen LogP contribution >= 0.6 is 0 Å². The van der Waals surface area contributed by atoms with Crippen molar-refractivity contribution >= 4 is 17.3 Å². The maximum Gasteiger partial charge on any atom is 0.320 e. The van der Waals surface area contributed by atoms with Crippen LogP contribution in [-0.4, -0.2) is 17.1 Å². The van der Waals surface area contributed by atoms with Gasteiger partial charge in [-0.3, -0.25) is 4.79 Å². The van der Waals surface area contributed by atoms with Crippen molar-refractivity contribution in [2.45, 2.75) is 12.5 Å². The molecule has 0 aliphatic carbocycles. The van der Waals surface area contributed by atoms with Gasteiger partial charge >= 0.3 is 5.97 Å². The van der Waals surface area contributed by atoms with Crippen molar-refractivity contribution in [3.05, 3.63) is 23.8 Å². The number of aliphatic carboxylic acids is 1. The monoisotopic (exact) mass is 195 g/mol. The molecular formula is C9H13N3O2. The van der Waals surface area contributed by atoms with Gasteiger partial charge in [0, 0.05) is 0 Å². The second-order valence-electron chi connectivity index (χ2n) is 3.11. The molecule has 1 rings (SSSR count). The molecule has 76 valence electrons. The summed E-state index contributed by atoms with van der Waals surface area (Å²) in [7, 11) is 0. The van der Waals surface area contributed by atoms with Crippen LogP contribution in [0.5, 0.6) is 0 Å². The van der Waals surface area contributed by atoms with E-state index in [1.54, 1.807) is 18.2 Å². The quantitative estimate of drug-likeness (QED) is 0.499. The van der Waals surface area contributed by atoms with Gasteiger partial charge < -0.3 is 22.3 Å². The summed E-state index contributed by atoms with van der Waals surface area (Å²) >= 11 is 0. The molecule has 7 N–H and O–H groups in total. The van der Waals surface area contributed by atoms with Crippen LogP contribution in [0.2, 0.25) is 0 Å². The highest BCUT2D eigenvalue weighted by atomic mass is 16.4. The van der Waals surface area contributed by atoms with Crippen molar-refractivity contribution in [1.82, 2.24) is 0 Å². The third kappa shape index (κ3) is 2.37. The van der Waals surface area contributed by atoms with Crippen molar-refractivity contribution in [2.24, 2.45) is 5.73 Å². The van der Waals surface area contributed by atoms with Gasteiger partial charge in [-0.2, -0.15) is 0 Å². The smallest absolute Gasteiger partial charge is 0.320 e. The van der Waals surface area contributed by atoms with Crippen LogP contribution in [-0.2, 0) is 11.2 Å². The summed E-state index contributed by atoms with van der Waals surface area (Å²) in [6, 6.07) is 4.09. The average molecular weight is 195 g/mol. The summed E-state index contributed by atoms with van der Waals surface area (Å²) in [6.45, 7) is 0. The summed E-state index contributed by atoms with van der Waals surface area (Å²) in [5.74, 6) is -1.03. The van der Waals surface area contributed by atoms with Gasteiger partial charge in [-0.1, -0.05) is 6.07 Å². The Bertz CT molecular complexity index is 352. The maximum absolute atomic E-state index is 10.5. The number of carboxylic acid groups (broad SMARTS) is 1. The number of nitrogen functional groups attached to an aromatic ring is 2. The molecule has 5 nitrogen and oxygen atoms in total. The minimum Gasteiger partial charge on any atom is -0.480 e. The van der Waals surface area contributed by atoms with Gasteiger partial charge in [-0.05, 0) is 24.1 Å². The van der Waals surface area contributed by atoms with E-state index in [0.29, 0.717) is 11.4 Å². The topological polar surface area (TPSA) is 115 Å². The molecule has 0 fully saturated rings. The number of benzene rings is 1. The van der Waals surface area contributed by atoms with E-state index in [1.165, 1.54) is 0 Å². The fourth-order valence-corrected chi connectivity index (χ4v) is 1.09. The lowest BCUT2D eigenvalue weighted by molar-refractivity contribution is -0.138. The van der Waals surface area contributed by atoms with Crippen LogP contribution in [0, 0.1) is 0 Å². The van der Waals surface area contributed by atoms with E-state index in [0.717, 1.165) is 5.56 Å². The minimum absolute atomic E-state index is 0.250. The van der Waals surface area contributed by atoms with Crippen LogP contribution < -0.4 is 17.2 Å². The molecule has 0 aromatic heterocycles. The van der Waals surface area contributed by atoms with Gasteiger partial charge in [-0.15, -0.1) is 0 Å². The molecule has 1 aromatic carbocycles. The molecule has 5 heteroatoms. The highest BCUT2D eigenvalue weighted by molar-refractivity contribution is 5.74. The molecule has 0 radical (unpaired) electrons. The van der Waals surface area contributed by atoms with Crippen molar-refractivity contribution < 1.29 is 9.90 Å². The lowest BCUT2D eigenvalue weighted by Crippen LogP contribution is -2.32. The van der Waals surface area contributed by atoms with Crippen molar-refractivity contribution in [2.75, 3.05) is 11.5 Å². The third-order valence-electron chi connectivity index (χ3n) is 1.92. The van der Waals surface area contributed by atoms with Gasteiger partial charge in [0.25, 0.3) is 0 Å². The molecule has 0 saturated heterocycles. The predicted molar refractivity (Wildman–Crippen MR) is 54.6 cm³/mol. The SMILES string of the molecule is Nc1ccc(CC(N)C(=O)O)cc1N. The molecule has 0 aliphatic rings. The molecule has 0 amide bonds.